The Hall–Kier alpha value is -3.74. The van der Waals surface area contributed by atoms with E-state index in [9.17, 15) is 4.79 Å². The van der Waals surface area contributed by atoms with Crippen molar-refractivity contribution in [3.8, 4) is 17.2 Å². The number of nitrogens with one attached hydrogen (secondary N) is 1. The second kappa shape index (κ2) is 11.2. The minimum absolute atomic E-state index is 0.253. The smallest absolute Gasteiger partial charge is 0.256 e. The van der Waals surface area contributed by atoms with Crippen LogP contribution in [0, 0.1) is 0 Å². The maximum atomic E-state index is 12.8. The molecule has 7 nitrogen and oxygen atoms in total. The molecule has 7 heteroatoms. The Labute approximate surface area is 194 Å². The van der Waals surface area contributed by atoms with Crippen LogP contribution < -0.4 is 24.4 Å². The summed E-state index contributed by atoms with van der Waals surface area (Å²) in [6.45, 7) is 5.22. The number of anilines is 2. The number of hydrogen-bond acceptors (Lipinski definition) is 6. The number of amides is 1. The largest absolute Gasteiger partial charge is 0.490 e. The zero-order valence-corrected chi connectivity index (χ0v) is 18.8. The van der Waals surface area contributed by atoms with Crippen molar-refractivity contribution >= 4 is 17.4 Å². The average molecular weight is 448 g/mol. The Balaban J connectivity index is 1.34. The molecule has 2 heterocycles. The first-order chi connectivity index (χ1) is 16.2. The van der Waals surface area contributed by atoms with Gasteiger partial charge in [0.2, 0.25) is 0 Å². The third-order valence-corrected chi connectivity index (χ3v) is 5.32. The van der Waals surface area contributed by atoms with Gasteiger partial charge in [-0.05, 0) is 62.2 Å². The maximum absolute atomic E-state index is 12.8. The molecule has 2 aromatic carbocycles. The van der Waals surface area contributed by atoms with Crippen LogP contribution in [0.5, 0.6) is 17.2 Å². The number of para-hydroxylation sites is 1. The molecule has 172 valence electrons. The standard InChI is InChI=1S/C26H29N3O4/c1-2-31-24-18-20(10-12-23(24)33-17-16-32-22-8-4-3-5-9-22)26(30)28-25-13-11-21(19-27-25)29-14-6-7-15-29/h3-5,8-13,18-19H,2,6-7,14-17H2,1H3,(H,27,28,30). The molecule has 4 rings (SSSR count). The van der Waals surface area contributed by atoms with Crippen molar-refractivity contribution < 1.29 is 19.0 Å². The molecule has 0 unspecified atom stereocenters. The van der Waals surface area contributed by atoms with Gasteiger partial charge in [0.1, 0.15) is 24.8 Å². The van der Waals surface area contributed by atoms with Crippen LogP contribution in [-0.4, -0.2) is 43.8 Å². The van der Waals surface area contributed by atoms with Gasteiger partial charge in [-0.25, -0.2) is 4.98 Å². The lowest BCUT2D eigenvalue weighted by molar-refractivity contribution is 0.102. The van der Waals surface area contributed by atoms with Crippen molar-refractivity contribution in [1.82, 2.24) is 4.98 Å². The Bertz CT molecular complexity index is 1040. The molecule has 0 spiro atoms. The van der Waals surface area contributed by atoms with E-state index in [1.54, 1.807) is 24.4 Å². The third-order valence-electron chi connectivity index (χ3n) is 5.32. The molecule has 1 N–H and O–H groups in total. The Kier molecular flexibility index (Phi) is 7.64. The van der Waals surface area contributed by atoms with E-state index in [0.29, 0.717) is 42.7 Å². The number of hydrogen-bond donors (Lipinski definition) is 1. The van der Waals surface area contributed by atoms with Crippen molar-refractivity contribution in [2.24, 2.45) is 0 Å². The van der Waals surface area contributed by atoms with E-state index in [4.69, 9.17) is 14.2 Å². The van der Waals surface area contributed by atoms with Gasteiger partial charge in [-0.2, -0.15) is 0 Å². The number of benzene rings is 2. The van der Waals surface area contributed by atoms with Gasteiger partial charge in [0.05, 0.1) is 18.5 Å². The zero-order chi connectivity index (χ0) is 22.9. The molecule has 0 radical (unpaired) electrons. The first-order valence-corrected chi connectivity index (χ1v) is 11.3. The van der Waals surface area contributed by atoms with Crippen LogP contribution in [0.15, 0.2) is 66.9 Å². The number of pyridine rings is 1. The summed E-state index contributed by atoms with van der Waals surface area (Å²) < 4.78 is 17.2. The van der Waals surface area contributed by atoms with Crippen LogP contribution in [0.1, 0.15) is 30.1 Å². The SMILES string of the molecule is CCOc1cc(C(=O)Nc2ccc(N3CCCC3)cn2)ccc1OCCOc1ccccc1. The molecule has 1 fully saturated rings. The maximum Gasteiger partial charge on any atom is 0.256 e. The minimum Gasteiger partial charge on any atom is -0.490 e. The summed E-state index contributed by atoms with van der Waals surface area (Å²) in [4.78, 5) is 19.5. The molecule has 3 aromatic rings. The van der Waals surface area contributed by atoms with Crippen LogP contribution in [0.2, 0.25) is 0 Å². The number of carbonyl (C=O) groups is 1. The Morgan fingerprint density at radius 1 is 0.939 bits per heavy atom. The van der Waals surface area contributed by atoms with Crippen LogP contribution in [0.3, 0.4) is 0 Å². The van der Waals surface area contributed by atoms with Gasteiger partial charge in [-0.1, -0.05) is 18.2 Å². The third kappa shape index (κ3) is 6.16. The quantitative estimate of drug-likeness (QED) is 0.451. The predicted octanol–water partition coefficient (Wildman–Crippen LogP) is 4.79. The van der Waals surface area contributed by atoms with Crippen LogP contribution in [0.4, 0.5) is 11.5 Å². The Morgan fingerprint density at radius 3 is 2.45 bits per heavy atom. The molecule has 1 aliphatic heterocycles. The second-order valence-corrected chi connectivity index (χ2v) is 7.65. The Morgan fingerprint density at radius 2 is 1.73 bits per heavy atom. The first kappa shape index (κ1) is 22.5. The molecule has 0 bridgehead atoms. The molecule has 33 heavy (non-hydrogen) atoms. The summed E-state index contributed by atoms with van der Waals surface area (Å²) in [7, 11) is 0. The fourth-order valence-corrected chi connectivity index (χ4v) is 3.68. The van der Waals surface area contributed by atoms with E-state index >= 15 is 0 Å². The van der Waals surface area contributed by atoms with E-state index < -0.39 is 0 Å². The number of nitrogens with zero attached hydrogens (tertiary/aromatic N) is 2. The molecular weight excluding hydrogens is 418 g/mol. The van der Waals surface area contributed by atoms with Gasteiger partial charge in [0.25, 0.3) is 5.91 Å². The summed E-state index contributed by atoms with van der Waals surface area (Å²) in [5.41, 5.74) is 1.55. The molecule has 0 saturated carbocycles. The highest BCUT2D eigenvalue weighted by atomic mass is 16.5. The molecule has 1 amide bonds. The minimum atomic E-state index is -0.253. The monoisotopic (exact) mass is 447 g/mol. The van der Waals surface area contributed by atoms with E-state index in [2.05, 4.69) is 15.2 Å². The van der Waals surface area contributed by atoms with Crippen molar-refractivity contribution in [3.63, 3.8) is 0 Å². The fourth-order valence-electron chi connectivity index (χ4n) is 3.68. The van der Waals surface area contributed by atoms with Gasteiger partial charge in [-0.15, -0.1) is 0 Å². The van der Waals surface area contributed by atoms with Crippen molar-refractivity contribution in [2.45, 2.75) is 19.8 Å². The van der Waals surface area contributed by atoms with E-state index in [1.165, 1.54) is 12.8 Å². The number of aromatic nitrogens is 1. The average Bonchev–Trinajstić information content (AvgIpc) is 3.39. The zero-order valence-electron chi connectivity index (χ0n) is 18.8. The highest BCUT2D eigenvalue weighted by Crippen LogP contribution is 2.29. The lowest BCUT2D eigenvalue weighted by atomic mass is 10.2. The van der Waals surface area contributed by atoms with Crippen LogP contribution >= 0.6 is 0 Å². The summed E-state index contributed by atoms with van der Waals surface area (Å²) in [5, 5.41) is 2.85. The topological polar surface area (TPSA) is 72.9 Å². The number of ether oxygens (including phenoxy) is 3. The van der Waals surface area contributed by atoms with Crippen molar-refractivity contribution in [2.75, 3.05) is 43.1 Å². The summed E-state index contributed by atoms with van der Waals surface area (Å²) >= 11 is 0. The van der Waals surface area contributed by atoms with E-state index in [0.717, 1.165) is 24.5 Å². The molecule has 1 aliphatic rings. The van der Waals surface area contributed by atoms with Gasteiger partial charge < -0.3 is 24.4 Å². The summed E-state index contributed by atoms with van der Waals surface area (Å²) in [6.07, 6.45) is 4.22. The summed E-state index contributed by atoms with van der Waals surface area (Å²) in [6, 6.07) is 18.5. The lowest BCUT2D eigenvalue weighted by Gasteiger charge is -2.17. The highest BCUT2D eigenvalue weighted by Gasteiger charge is 2.15. The van der Waals surface area contributed by atoms with Crippen LogP contribution in [-0.2, 0) is 0 Å². The van der Waals surface area contributed by atoms with Gasteiger partial charge >= 0.3 is 0 Å². The van der Waals surface area contributed by atoms with Crippen molar-refractivity contribution in [1.29, 1.82) is 0 Å². The lowest BCUT2D eigenvalue weighted by Crippen LogP contribution is -2.18. The molecular formula is C26H29N3O4. The molecule has 1 aromatic heterocycles. The predicted molar refractivity (Wildman–Crippen MR) is 129 cm³/mol. The number of rotatable bonds is 10. The van der Waals surface area contributed by atoms with Gasteiger partial charge in [0, 0.05) is 18.7 Å². The highest BCUT2D eigenvalue weighted by molar-refractivity contribution is 6.04. The van der Waals surface area contributed by atoms with Gasteiger partial charge in [-0.3, -0.25) is 4.79 Å². The molecule has 0 atom stereocenters. The molecule has 1 saturated heterocycles. The van der Waals surface area contributed by atoms with Gasteiger partial charge in [0.15, 0.2) is 11.5 Å². The van der Waals surface area contributed by atoms with Crippen LogP contribution in [0.25, 0.3) is 0 Å². The molecule has 0 aliphatic carbocycles. The first-order valence-electron chi connectivity index (χ1n) is 11.3. The van der Waals surface area contributed by atoms with E-state index in [-0.39, 0.29) is 5.91 Å². The number of carbonyl (C=O) groups excluding carboxylic acids is 1. The van der Waals surface area contributed by atoms with Crippen molar-refractivity contribution in [3.05, 3.63) is 72.4 Å². The van der Waals surface area contributed by atoms with E-state index in [1.807, 2.05) is 49.4 Å². The second-order valence-electron chi connectivity index (χ2n) is 7.65. The fraction of sp³-hybridized carbons (Fsp3) is 0.308. The summed E-state index contributed by atoms with van der Waals surface area (Å²) in [5.74, 6) is 2.14. The normalized spacial score (nSPS) is 12.9.